The number of carbonyl (C=O) groups excluding carboxylic acids is 1. The highest BCUT2D eigenvalue weighted by Gasteiger charge is 2.54. The van der Waals surface area contributed by atoms with Gasteiger partial charge in [-0.2, -0.15) is 0 Å². The minimum absolute atomic E-state index is 0.00827. The summed E-state index contributed by atoms with van der Waals surface area (Å²) < 4.78 is 16.7. The SMILES string of the molecule is [B]C([B])([B])C(CC(=O)Nc1nc2c(F)cc(C(C)(C)O)cc2n1C1CCC1)(C([B])([B])[B])C([B])([B])[B]. The Hall–Kier alpha value is -1.37. The second-order valence-electron chi connectivity index (χ2n) is 10.2. The Bertz CT molecular complexity index is 1090. The lowest BCUT2D eigenvalue weighted by atomic mass is 9.09. The minimum Gasteiger partial charge on any atom is -0.386 e. The monoisotopic (exact) mass is 451 g/mol. The molecule has 1 aliphatic rings. The van der Waals surface area contributed by atoms with Crippen molar-refractivity contribution in [1.82, 2.24) is 9.55 Å². The van der Waals surface area contributed by atoms with Crippen molar-refractivity contribution in [3.05, 3.63) is 23.5 Å². The number of hydrogen-bond donors (Lipinski definition) is 2. The van der Waals surface area contributed by atoms with Gasteiger partial charge in [0.15, 0.2) is 5.82 Å². The van der Waals surface area contributed by atoms with Crippen LogP contribution in [-0.2, 0) is 10.4 Å². The Morgan fingerprint density at radius 1 is 1.06 bits per heavy atom. The van der Waals surface area contributed by atoms with Gasteiger partial charge in [0, 0.05) is 12.5 Å². The third-order valence-corrected chi connectivity index (χ3v) is 6.79. The van der Waals surface area contributed by atoms with Crippen molar-refractivity contribution in [3.8, 4) is 0 Å². The van der Waals surface area contributed by atoms with Crippen molar-refractivity contribution in [2.45, 2.75) is 66.5 Å². The van der Waals surface area contributed by atoms with Crippen molar-refractivity contribution < 1.29 is 14.3 Å². The Balaban J connectivity index is 2.10. The summed E-state index contributed by atoms with van der Waals surface area (Å²) in [5, 5.41) is 5.80. The van der Waals surface area contributed by atoms with E-state index in [0.717, 1.165) is 19.3 Å². The summed E-state index contributed by atoms with van der Waals surface area (Å²) in [6, 6.07) is 2.76. The first-order valence-electron chi connectivity index (χ1n) is 11.0. The zero-order valence-corrected chi connectivity index (χ0v) is 19.9. The number of hydrogen-bond acceptors (Lipinski definition) is 3. The summed E-state index contributed by atoms with van der Waals surface area (Å²) in [5.74, 6) is -1.46. The molecule has 0 unspecified atom stereocenters. The predicted molar refractivity (Wildman–Crippen MR) is 143 cm³/mol. The number of anilines is 1. The van der Waals surface area contributed by atoms with E-state index in [1.54, 1.807) is 10.6 Å². The molecule has 0 aliphatic heterocycles. The highest BCUT2D eigenvalue weighted by atomic mass is 19.1. The third-order valence-electron chi connectivity index (χ3n) is 6.79. The summed E-state index contributed by atoms with van der Waals surface area (Å²) in [6.45, 7) is 3.08. The van der Waals surface area contributed by atoms with Crippen LogP contribution in [0.25, 0.3) is 11.0 Å². The van der Waals surface area contributed by atoms with Crippen LogP contribution in [0, 0.1) is 11.2 Å². The van der Waals surface area contributed by atoms with E-state index in [0.29, 0.717) is 11.1 Å². The number of amides is 1. The van der Waals surface area contributed by atoms with Gasteiger partial charge in [0.2, 0.25) is 11.9 Å². The van der Waals surface area contributed by atoms with Crippen molar-refractivity contribution in [3.63, 3.8) is 0 Å². The van der Waals surface area contributed by atoms with Crippen LogP contribution in [0.1, 0.15) is 51.1 Å². The molecule has 2 N–H and O–H groups in total. The normalized spacial score (nSPS) is 16.2. The van der Waals surface area contributed by atoms with E-state index in [2.05, 4.69) is 10.3 Å². The van der Waals surface area contributed by atoms with Gasteiger partial charge in [0.25, 0.3) is 0 Å². The van der Waals surface area contributed by atoms with Crippen LogP contribution in [0.15, 0.2) is 12.1 Å². The van der Waals surface area contributed by atoms with Crippen LogP contribution < -0.4 is 5.32 Å². The lowest BCUT2D eigenvalue weighted by Crippen LogP contribution is -2.58. The van der Waals surface area contributed by atoms with E-state index in [-0.39, 0.29) is 17.5 Å². The highest BCUT2D eigenvalue weighted by molar-refractivity contribution is 6.69. The van der Waals surface area contributed by atoms with Gasteiger partial charge in [-0.25, -0.2) is 9.37 Å². The van der Waals surface area contributed by atoms with Gasteiger partial charge in [-0.15, -0.1) is 15.3 Å². The van der Waals surface area contributed by atoms with E-state index in [1.165, 1.54) is 19.9 Å². The van der Waals surface area contributed by atoms with Gasteiger partial charge in [-0.05, 0) is 50.8 Å². The standard InChI is InChI=1S/C20H19B9FN3O2/c1-16(2,35)9-6-11(30)14-12(7-9)33(10-4-3-5-10)15(32-14)31-13(34)8-17(18(21,22)23,19(24,25)26)20(27,28)29/h6-7,10,35H,3-5,8H2,1-2H3,(H,31,32,34). The Labute approximate surface area is 218 Å². The predicted octanol–water partition coefficient (Wildman–Crippen LogP) is 0.180. The van der Waals surface area contributed by atoms with Crippen LogP contribution in [0.4, 0.5) is 10.3 Å². The molecule has 1 fully saturated rings. The number of carbonyl (C=O) groups is 1. The quantitative estimate of drug-likeness (QED) is 0.565. The highest BCUT2D eigenvalue weighted by Crippen LogP contribution is 2.63. The van der Waals surface area contributed by atoms with E-state index >= 15 is 0 Å². The molecule has 5 nitrogen and oxygen atoms in total. The fourth-order valence-electron chi connectivity index (χ4n) is 4.60. The molecule has 1 amide bonds. The number of nitrogens with one attached hydrogen (secondary N) is 1. The van der Waals surface area contributed by atoms with Gasteiger partial charge in [-0.3, -0.25) is 10.1 Å². The Morgan fingerprint density at radius 2 is 1.57 bits per heavy atom. The number of aromatic nitrogens is 2. The van der Waals surface area contributed by atoms with Crippen LogP contribution in [-0.4, -0.2) is 91.2 Å². The number of aliphatic hydroxyl groups is 1. The topological polar surface area (TPSA) is 67.2 Å². The molecular formula is C20H19B9FN3O2. The number of fused-ring (bicyclic) bond motifs is 1. The third kappa shape index (κ3) is 4.95. The number of halogens is 1. The largest absolute Gasteiger partial charge is 0.386 e. The molecule has 2 aromatic rings. The van der Waals surface area contributed by atoms with E-state index in [9.17, 15) is 14.3 Å². The van der Waals surface area contributed by atoms with Crippen LogP contribution >= 0.6 is 0 Å². The van der Waals surface area contributed by atoms with Gasteiger partial charge in [-0.1, -0.05) is 5.41 Å². The summed E-state index contributed by atoms with van der Waals surface area (Å²) in [4.78, 5) is 17.5. The van der Waals surface area contributed by atoms with Crippen molar-refractivity contribution in [1.29, 1.82) is 0 Å². The maximum Gasteiger partial charge on any atom is 0.227 e. The van der Waals surface area contributed by atoms with Gasteiger partial charge in [0.05, 0.1) is 81.7 Å². The molecule has 0 atom stereocenters. The average Bonchev–Trinajstić information content (AvgIpc) is 2.93. The van der Waals surface area contributed by atoms with E-state index < -0.39 is 44.5 Å². The second kappa shape index (κ2) is 8.88. The Morgan fingerprint density at radius 3 is 1.97 bits per heavy atom. The maximum absolute atomic E-state index is 15.0. The van der Waals surface area contributed by atoms with Gasteiger partial charge < -0.3 is 9.67 Å². The fraction of sp³-hybridized carbons (Fsp3) is 0.600. The molecule has 0 spiro atoms. The molecule has 1 aliphatic carbocycles. The summed E-state index contributed by atoms with van der Waals surface area (Å²) in [5.41, 5.74) is -2.88. The molecule has 3 rings (SSSR count). The lowest BCUT2D eigenvalue weighted by Gasteiger charge is -2.65. The number of nitrogens with zero attached hydrogens (tertiary/aromatic N) is 2. The molecule has 15 heteroatoms. The summed E-state index contributed by atoms with van der Waals surface area (Å²) >= 11 is 0. The number of imidazole rings is 1. The number of rotatable bonds is 8. The van der Waals surface area contributed by atoms with Crippen LogP contribution in [0.5, 0.6) is 0 Å². The van der Waals surface area contributed by atoms with Crippen LogP contribution in [0.3, 0.4) is 0 Å². The van der Waals surface area contributed by atoms with Crippen molar-refractivity contribution in [2.24, 2.45) is 5.41 Å². The molecule has 1 saturated carbocycles. The molecule has 1 heterocycles. The van der Waals surface area contributed by atoms with E-state index in [1.807, 2.05) is 0 Å². The average molecular weight is 450 g/mol. The lowest BCUT2D eigenvalue weighted by molar-refractivity contribution is -0.118. The van der Waals surface area contributed by atoms with Gasteiger partial charge >= 0.3 is 0 Å². The zero-order valence-electron chi connectivity index (χ0n) is 19.9. The first-order chi connectivity index (χ1) is 15.7. The van der Waals surface area contributed by atoms with Crippen molar-refractivity contribution in [2.75, 3.05) is 5.32 Å². The smallest absolute Gasteiger partial charge is 0.227 e. The first kappa shape index (κ1) is 28.2. The second-order valence-corrected chi connectivity index (χ2v) is 10.2. The maximum atomic E-state index is 15.0. The summed E-state index contributed by atoms with van der Waals surface area (Å²) in [7, 11) is 52.9. The molecule has 18 radical (unpaired) electrons. The molecular weight excluding hydrogens is 431 g/mol. The first-order valence-corrected chi connectivity index (χ1v) is 11.0. The number of benzene rings is 1. The molecule has 0 saturated heterocycles. The molecule has 1 aromatic heterocycles. The van der Waals surface area contributed by atoms with E-state index in [4.69, 9.17) is 70.6 Å². The van der Waals surface area contributed by atoms with Crippen molar-refractivity contribution >= 4 is 93.5 Å². The summed E-state index contributed by atoms with van der Waals surface area (Å²) in [6.07, 6.45) is 1.70. The van der Waals surface area contributed by atoms with Gasteiger partial charge in [0.1, 0.15) is 5.52 Å². The zero-order chi connectivity index (χ0) is 26.8. The van der Waals surface area contributed by atoms with Crippen LogP contribution in [0.2, 0.25) is 15.3 Å². The molecule has 35 heavy (non-hydrogen) atoms. The molecule has 0 bridgehead atoms. The molecule has 1 aromatic carbocycles. The fourth-order valence-corrected chi connectivity index (χ4v) is 4.60. The minimum atomic E-state index is -2.40. The molecule has 160 valence electrons. The Kier molecular flexibility index (Phi) is 7.16.